The lowest BCUT2D eigenvalue weighted by Crippen LogP contribution is -2.27. The highest BCUT2D eigenvalue weighted by molar-refractivity contribution is 5.99. The molecule has 1 aromatic carbocycles. The summed E-state index contributed by atoms with van der Waals surface area (Å²) in [5.74, 6) is 0.425. The van der Waals surface area contributed by atoms with Gasteiger partial charge >= 0.3 is 0 Å². The molecule has 1 heterocycles. The standard InChI is InChI=1S/C18H18N2O2/c1-10-6-7-11(2)12(8-10)16-13(9-19)18(20)22-15-5-3-4-14(21)17(15)16/h6-8,16H,3-5,20H2,1-2H3. The Morgan fingerprint density at radius 1 is 1.32 bits per heavy atom. The number of nitriles is 1. The average molecular weight is 294 g/mol. The molecule has 4 nitrogen and oxygen atoms in total. The largest absolute Gasteiger partial charge is 0.444 e. The van der Waals surface area contributed by atoms with Crippen molar-refractivity contribution in [3.63, 3.8) is 0 Å². The monoisotopic (exact) mass is 294 g/mol. The molecule has 0 saturated carbocycles. The highest BCUT2D eigenvalue weighted by atomic mass is 16.5. The fourth-order valence-corrected chi connectivity index (χ4v) is 3.24. The molecule has 2 aliphatic rings. The molecule has 1 aliphatic heterocycles. The molecule has 0 radical (unpaired) electrons. The Labute approximate surface area is 129 Å². The topological polar surface area (TPSA) is 76.1 Å². The Kier molecular flexibility index (Phi) is 3.50. The first kappa shape index (κ1) is 14.4. The van der Waals surface area contributed by atoms with Gasteiger partial charge in [-0.05, 0) is 31.4 Å². The van der Waals surface area contributed by atoms with Crippen molar-refractivity contribution in [1.82, 2.24) is 0 Å². The second-order valence-electron chi connectivity index (χ2n) is 5.90. The van der Waals surface area contributed by atoms with Gasteiger partial charge in [0.1, 0.15) is 17.4 Å². The lowest BCUT2D eigenvalue weighted by molar-refractivity contribution is -0.116. The maximum atomic E-state index is 12.5. The molecular formula is C18H18N2O2. The van der Waals surface area contributed by atoms with Crippen molar-refractivity contribution in [3.05, 3.63) is 57.7 Å². The summed E-state index contributed by atoms with van der Waals surface area (Å²) in [6.45, 7) is 3.99. The van der Waals surface area contributed by atoms with E-state index in [4.69, 9.17) is 10.5 Å². The summed E-state index contributed by atoms with van der Waals surface area (Å²) in [5.41, 5.74) is 10.00. The normalized spacial score (nSPS) is 21.3. The molecule has 1 aliphatic carbocycles. The zero-order valence-electron chi connectivity index (χ0n) is 12.8. The molecule has 0 amide bonds. The summed E-state index contributed by atoms with van der Waals surface area (Å²) in [6.07, 6.45) is 1.97. The van der Waals surface area contributed by atoms with Crippen LogP contribution in [0.1, 0.15) is 41.9 Å². The van der Waals surface area contributed by atoms with Crippen LogP contribution in [0.5, 0.6) is 0 Å². The summed E-state index contributed by atoms with van der Waals surface area (Å²) in [6, 6.07) is 8.21. The van der Waals surface area contributed by atoms with E-state index >= 15 is 0 Å². The molecule has 0 aromatic heterocycles. The smallest absolute Gasteiger partial charge is 0.205 e. The number of aryl methyl sites for hydroxylation is 2. The lowest BCUT2D eigenvalue weighted by Gasteiger charge is -2.31. The molecule has 22 heavy (non-hydrogen) atoms. The van der Waals surface area contributed by atoms with Gasteiger partial charge in [-0.1, -0.05) is 23.8 Å². The number of rotatable bonds is 1. The molecule has 112 valence electrons. The minimum Gasteiger partial charge on any atom is -0.444 e. The second kappa shape index (κ2) is 5.34. The molecule has 0 fully saturated rings. The Balaban J connectivity index is 2.25. The highest BCUT2D eigenvalue weighted by Gasteiger charge is 2.38. The maximum Gasteiger partial charge on any atom is 0.205 e. The molecular weight excluding hydrogens is 276 g/mol. The van der Waals surface area contributed by atoms with Gasteiger partial charge in [0.05, 0.1) is 5.92 Å². The predicted octanol–water partition coefficient (Wildman–Crippen LogP) is 3.12. The molecule has 2 N–H and O–H groups in total. The van der Waals surface area contributed by atoms with Gasteiger partial charge in [-0.15, -0.1) is 0 Å². The first-order chi connectivity index (χ1) is 10.5. The Morgan fingerprint density at radius 2 is 2.09 bits per heavy atom. The molecule has 1 aromatic rings. The molecule has 0 bridgehead atoms. The van der Waals surface area contributed by atoms with Gasteiger partial charge in [-0.3, -0.25) is 4.79 Å². The van der Waals surface area contributed by atoms with Crippen LogP contribution in [0.25, 0.3) is 0 Å². The van der Waals surface area contributed by atoms with Crippen LogP contribution >= 0.6 is 0 Å². The number of hydrogen-bond donors (Lipinski definition) is 1. The minimum absolute atomic E-state index is 0.0624. The van der Waals surface area contributed by atoms with E-state index in [2.05, 4.69) is 6.07 Å². The van der Waals surface area contributed by atoms with Crippen LogP contribution in [0.4, 0.5) is 0 Å². The zero-order valence-corrected chi connectivity index (χ0v) is 12.8. The van der Waals surface area contributed by atoms with Crippen LogP contribution in [-0.4, -0.2) is 5.78 Å². The van der Waals surface area contributed by atoms with Crippen LogP contribution in [0.15, 0.2) is 41.0 Å². The van der Waals surface area contributed by atoms with Crippen LogP contribution in [0.3, 0.4) is 0 Å². The van der Waals surface area contributed by atoms with Crippen LogP contribution < -0.4 is 5.73 Å². The fourth-order valence-electron chi connectivity index (χ4n) is 3.24. The van der Waals surface area contributed by atoms with Gasteiger partial charge in [-0.2, -0.15) is 5.26 Å². The number of nitrogens with two attached hydrogens (primary N) is 1. The van der Waals surface area contributed by atoms with Gasteiger partial charge in [-0.25, -0.2) is 0 Å². The average Bonchev–Trinajstić information content (AvgIpc) is 2.48. The number of Topliss-reactive ketones (excluding diaryl/α,β-unsaturated/α-hetero) is 1. The third kappa shape index (κ3) is 2.19. The Hall–Kier alpha value is -2.54. The van der Waals surface area contributed by atoms with Gasteiger partial charge in [0, 0.05) is 18.4 Å². The van der Waals surface area contributed by atoms with Gasteiger partial charge in [0.25, 0.3) is 0 Å². The molecule has 1 atom stereocenters. The van der Waals surface area contributed by atoms with E-state index < -0.39 is 5.92 Å². The molecule has 3 rings (SSSR count). The van der Waals surface area contributed by atoms with E-state index in [1.54, 1.807) is 0 Å². The number of nitrogens with zero attached hydrogens (tertiary/aromatic N) is 1. The summed E-state index contributed by atoms with van der Waals surface area (Å²) >= 11 is 0. The summed E-state index contributed by atoms with van der Waals surface area (Å²) in [5, 5.41) is 9.53. The van der Waals surface area contributed by atoms with Crippen molar-refractivity contribution in [3.8, 4) is 6.07 Å². The third-order valence-corrected chi connectivity index (χ3v) is 4.35. The summed E-state index contributed by atoms with van der Waals surface area (Å²) < 4.78 is 5.58. The summed E-state index contributed by atoms with van der Waals surface area (Å²) in [4.78, 5) is 12.5. The minimum atomic E-state index is -0.401. The van der Waals surface area contributed by atoms with Crippen molar-refractivity contribution in [2.45, 2.75) is 39.0 Å². The van der Waals surface area contributed by atoms with Gasteiger partial charge < -0.3 is 10.5 Å². The van der Waals surface area contributed by atoms with Gasteiger partial charge in [0.2, 0.25) is 5.88 Å². The first-order valence-corrected chi connectivity index (χ1v) is 7.44. The number of ether oxygens (including phenoxy) is 1. The van der Waals surface area contributed by atoms with Crippen LogP contribution in [-0.2, 0) is 9.53 Å². The van der Waals surface area contributed by atoms with Gasteiger partial charge in [0.15, 0.2) is 5.78 Å². The molecule has 0 saturated heterocycles. The van der Waals surface area contributed by atoms with E-state index in [0.29, 0.717) is 29.7 Å². The third-order valence-electron chi connectivity index (χ3n) is 4.35. The van der Waals surface area contributed by atoms with Crippen molar-refractivity contribution < 1.29 is 9.53 Å². The number of carbonyl (C=O) groups is 1. The number of ketones is 1. The first-order valence-electron chi connectivity index (χ1n) is 7.44. The quantitative estimate of drug-likeness (QED) is 0.863. The number of allylic oxidation sites excluding steroid dienone is 3. The zero-order chi connectivity index (χ0) is 15.9. The second-order valence-corrected chi connectivity index (χ2v) is 5.90. The van der Waals surface area contributed by atoms with Crippen molar-refractivity contribution in [1.29, 1.82) is 5.26 Å². The van der Waals surface area contributed by atoms with E-state index in [1.807, 2.05) is 32.0 Å². The van der Waals surface area contributed by atoms with E-state index in [0.717, 1.165) is 23.1 Å². The summed E-state index contributed by atoms with van der Waals surface area (Å²) in [7, 11) is 0. The highest BCUT2D eigenvalue weighted by Crippen LogP contribution is 2.44. The van der Waals surface area contributed by atoms with Crippen LogP contribution in [0.2, 0.25) is 0 Å². The maximum absolute atomic E-state index is 12.5. The van der Waals surface area contributed by atoms with E-state index in [9.17, 15) is 10.1 Å². The Bertz CT molecular complexity index is 766. The van der Waals surface area contributed by atoms with E-state index in [1.165, 1.54) is 0 Å². The van der Waals surface area contributed by atoms with Crippen molar-refractivity contribution >= 4 is 5.78 Å². The van der Waals surface area contributed by atoms with Crippen molar-refractivity contribution in [2.24, 2.45) is 5.73 Å². The predicted molar refractivity (Wildman–Crippen MR) is 82.5 cm³/mol. The number of benzene rings is 1. The fraction of sp³-hybridized carbons (Fsp3) is 0.333. The number of carbonyl (C=O) groups excluding carboxylic acids is 1. The SMILES string of the molecule is Cc1ccc(C)c(C2C(C#N)=C(N)OC3=C2C(=O)CCC3)c1. The van der Waals surface area contributed by atoms with Crippen molar-refractivity contribution in [2.75, 3.05) is 0 Å². The molecule has 0 spiro atoms. The number of hydrogen-bond acceptors (Lipinski definition) is 4. The van der Waals surface area contributed by atoms with Crippen LogP contribution in [0, 0.1) is 25.2 Å². The molecule has 1 unspecified atom stereocenters. The lowest BCUT2D eigenvalue weighted by atomic mass is 9.76. The molecule has 4 heteroatoms. The van der Waals surface area contributed by atoms with E-state index in [-0.39, 0.29) is 11.7 Å². The Morgan fingerprint density at radius 3 is 2.82 bits per heavy atom.